The van der Waals surface area contributed by atoms with Gasteiger partial charge in [0.15, 0.2) is 5.78 Å². The fourth-order valence-corrected chi connectivity index (χ4v) is 2.70. The van der Waals surface area contributed by atoms with Crippen LogP contribution in [0.1, 0.15) is 94.0 Å². The summed E-state index contributed by atoms with van der Waals surface area (Å²) in [6.07, 6.45) is 14.1. The molecule has 0 saturated heterocycles. The van der Waals surface area contributed by atoms with Crippen molar-refractivity contribution in [3.8, 4) is 0 Å². The molecule has 1 aromatic carbocycles. The molecule has 0 bridgehead atoms. The first-order chi connectivity index (χ1) is 10.3. The van der Waals surface area contributed by atoms with E-state index in [-0.39, 0.29) is 5.78 Å². The molecule has 0 atom stereocenters. The lowest BCUT2D eigenvalue weighted by Gasteiger charge is -2.04. The highest BCUT2D eigenvalue weighted by Gasteiger charge is 2.02. The zero-order valence-electron chi connectivity index (χ0n) is 14.0. The van der Waals surface area contributed by atoms with Gasteiger partial charge in [-0.2, -0.15) is 0 Å². The molecule has 0 spiro atoms. The van der Waals surface area contributed by atoms with E-state index in [1.807, 2.05) is 19.1 Å². The van der Waals surface area contributed by atoms with Crippen molar-refractivity contribution < 1.29 is 4.79 Å². The Hall–Kier alpha value is -1.11. The third-order valence-corrected chi connectivity index (χ3v) is 4.17. The molecule has 1 nitrogen and oxygen atoms in total. The van der Waals surface area contributed by atoms with Crippen LogP contribution >= 0.6 is 0 Å². The molecule has 1 rings (SSSR count). The van der Waals surface area contributed by atoms with E-state index in [2.05, 4.69) is 19.1 Å². The number of carbonyl (C=O) groups excluding carboxylic acids is 1. The summed E-state index contributed by atoms with van der Waals surface area (Å²) in [7, 11) is 0. The molecule has 0 aliphatic heterocycles. The van der Waals surface area contributed by atoms with E-state index in [4.69, 9.17) is 0 Å². The van der Waals surface area contributed by atoms with Crippen LogP contribution in [0, 0.1) is 0 Å². The van der Waals surface area contributed by atoms with Crippen molar-refractivity contribution in [2.24, 2.45) is 0 Å². The topological polar surface area (TPSA) is 17.1 Å². The fourth-order valence-electron chi connectivity index (χ4n) is 2.70. The van der Waals surface area contributed by atoms with Crippen LogP contribution in [0.25, 0.3) is 0 Å². The molecule has 0 aliphatic carbocycles. The summed E-state index contributed by atoms with van der Waals surface area (Å²) in [6, 6.07) is 8.20. The van der Waals surface area contributed by atoms with Crippen molar-refractivity contribution in [2.45, 2.75) is 84.5 Å². The lowest BCUT2D eigenvalue weighted by molar-refractivity contribution is 0.0988. The number of Topliss-reactive ketones (excluding diaryl/α,β-unsaturated/α-hetero) is 1. The van der Waals surface area contributed by atoms with Crippen molar-refractivity contribution >= 4 is 5.78 Å². The summed E-state index contributed by atoms with van der Waals surface area (Å²) in [5.41, 5.74) is 2.22. The molecule has 1 heteroatoms. The Morgan fingerprint density at radius 1 is 0.762 bits per heavy atom. The molecule has 0 fully saturated rings. The Labute approximate surface area is 131 Å². The minimum absolute atomic E-state index is 0.240. The van der Waals surface area contributed by atoms with Gasteiger partial charge in [-0.15, -0.1) is 0 Å². The Morgan fingerprint density at radius 2 is 1.29 bits per heavy atom. The van der Waals surface area contributed by atoms with Crippen LogP contribution in [0.2, 0.25) is 0 Å². The SMILES string of the molecule is CCCCCCCCCCCc1ccc(C(=O)CC)cc1. The molecule has 0 radical (unpaired) electrons. The van der Waals surface area contributed by atoms with E-state index >= 15 is 0 Å². The number of aryl methyl sites for hydroxylation is 1. The highest BCUT2D eigenvalue weighted by molar-refractivity contribution is 5.95. The number of carbonyl (C=O) groups is 1. The highest BCUT2D eigenvalue weighted by Crippen LogP contribution is 2.13. The minimum atomic E-state index is 0.240. The van der Waals surface area contributed by atoms with Crippen molar-refractivity contribution in [3.05, 3.63) is 35.4 Å². The van der Waals surface area contributed by atoms with Gasteiger partial charge < -0.3 is 0 Å². The van der Waals surface area contributed by atoms with E-state index < -0.39 is 0 Å². The van der Waals surface area contributed by atoms with Gasteiger partial charge in [-0.25, -0.2) is 0 Å². The van der Waals surface area contributed by atoms with Crippen molar-refractivity contribution in [2.75, 3.05) is 0 Å². The largest absolute Gasteiger partial charge is 0.294 e. The average molecular weight is 288 g/mol. The summed E-state index contributed by atoms with van der Waals surface area (Å²) in [4.78, 5) is 11.6. The summed E-state index contributed by atoms with van der Waals surface area (Å²) >= 11 is 0. The maximum atomic E-state index is 11.6. The predicted molar refractivity (Wildman–Crippen MR) is 92.0 cm³/mol. The number of hydrogen-bond acceptors (Lipinski definition) is 1. The van der Waals surface area contributed by atoms with E-state index in [0.717, 1.165) is 12.0 Å². The monoisotopic (exact) mass is 288 g/mol. The van der Waals surface area contributed by atoms with Gasteiger partial charge in [0.25, 0.3) is 0 Å². The van der Waals surface area contributed by atoms with Crippen LogP contribution in [-0.2, 0) is 6.42 Å². The average Bonchev–Trinajstić information content (AvgIpc) is 2.53. The number of ketones is 1. The normalized spacial score (nSPS) is 10.8. The third-order valence-electron chi connectivity index (χ3n) is 4.17. The summed E-state index contributed by atoms with van der Waals surface area (Å²) < 4.78 is 0. The summed E-state index contributed by atoms with van der Waals surface area (Å²) in [5.74, 6) is 0.240. The van der Waals surface area contributed by atoms with Crippen LogP contribution < -0.4 is 0 Å². The van der Waals surface area contributed by atoms with Gasteiger partial charge in [-0.05, 0) is 18.4 Å². The molecule has 0 amide bonds. The Bertz CT molecular complexity index is 377. The third kappa shape index (κ3) is 8.04. The Morgan fingerprint density at radius 3 is 1.81 bits per heavy atom. The molecule has 0 heterocycles. The van der Waals surface area contributed by atoms with E-state index in [1.165, 1.54) is 63.4 Å². The van der Waals surface area contributed by atoms with Gasteiger partial charge in [0.05, 0.1) is 0 Å². The standard InChI is InChI=1S/C20H32O/c1-3-5-6-7-8-9-10-11-12-13-18-14-16-19(17-15-18)20(21)4-2/h14-17H,3-13H2,1-2H3. The lowest BCUT2D eigenvalue weighted by atomic mass is 10.0. The first-order valence-corrected chi connectivity index (χ1v) is 8.90. The second-order valence-electron chi connectivity index (χ2n) is 6.05. The smallest absolute Gasteiger partial charge is 0.162 e. The molecule has 1 aromatic rings. The lowest BCUT2D eigenvalue weighted by Crippen LogP contribution is -1.96. The molecule has 0 N–H and O–H groups in total. The van der Waals surface area contributed by atoms with Crippen molar-refractivity contribution in [3.63, 3.8) is 0 Å². The minimum Gasteiger partial charge on any atom is -0.294 e. The predicted octanol–water partition coefficient (Wildman–Crippen LogP) is 6.35. The summed E-state index contributed by atoms with van der Waals surface area (Å²) in [6.45, 7) is 4.18. The number of rotatable bonds is 12. The molecule has 21 heavy (non-hydrogen) atoms. The van der Waals surface area contributed by atoms with Crippen molar-refractivity contribution in [1.82, 2.24) is 0 Å². The van der Waals surface area contributed by atoms with Gasteiger partial charge in [-0.3, -0.25) is 4.79 Å². The zero-order valence-corrected chi connectivity index (χ0v) is 14.0. The Balaban J connectivity index is 2.06. The van der Waals surface area contributed by atoms with Crippen LogP contribution in [-0.4, -0.2) is 5.78 Å². The van der Waals surface area contributed by atoms with E-state index in [0.29, 0.717) is 6.42 Å². The Kier molecular flexibility index (Phi) is 9.86. The van der Waals surface area contributed by atoms with Crippen LogP contribution in [0.4, 0.5) is 0 Å². The molecule has 0 aliphatic rings. The number of hydrogen-bond donors (Lipinski definition) is 0. The molecular formula is C20H32O. The van der Waals surface area contributed by atoms with Gasteiger partial charge in [-0.1, -0.05) is 89.5 Å². The van der Waals surface area contributed by atoms with Gasteiger partial charge >= 0.3 is 0 Å². The second kappa shape index (κ2) is 11.5. The molecule has 118 valence electrons. The molecular weight excluding hydrogens is 256 g/mol. The quantitative estimate of drug-likeness (QED) is 0.323. The number of unbranched alkanes of at least 4 members (excludes halogenated alkanes) is 8. The maximum Gasteiger partial charge on any atom is 0.162 e. The van der Waals surface area contributed by atoms with Crippen LogP contribution in [0.3, 0.4) is 0 Å². The van der Waals surface area contributed by atoms with Gasteiger partial charge in [0.1, 0.15) is 0 Å². The van der Waals surface area contributed by atoms with Gasteiger partial charge in [0.2, 0.25) is 0 Å². The van der Waals surface area contributed by atoms with Gasteiger partial charge in [0, 0.05) is 12.0 Å². The fraction of sp³-hybridized carbons (Fsp3) is 0.650. The molecule has 0 aromatic heterocycles. The number of benzene rings is 1. The van der Waals surface area contributed by atoms with E-state index in [9.17, 15) is 4.79 Å². The second-order valence-corrected chi connectivity index (χ2v) is 6.05. The highest BCUT2D eigenvalue weighted by atomic mass is 16.1. The van der Waals surface area contributed by atoms with Crippen molar-refractivity contribution in [1.29, 1.82) is 0 Å². The van der Waals surface area contributed by atoms with Crippen LogP contribution in [0.15, 0.2) is 24.3 Å². The van der Waals surface area contributed by atoms with E-state index in [1.54, 1.807) is 0 Å². The van der Waals surface area contributed by atoms with Crippen LogP contribution in [0.5, 0.6) is 0 Å². The zero-order chi connectivity index (χ0) is 15.3. The maximum absolute atomic E-state index is 11.6. The first-order valence-electron chi connectivity index (χ1n) is 8.90. The summed E-state index contributed by atoms with van der Waals surface area (Å²) in [5, 5.41) is 0. The first kappa shape index (κ1) is 17.9. The molecule has 0 unspecified atom stereocenters. The molecule has 0 saturated carbocycles.